The average Bonchev–Trinajstić information content (AvgIpc) is 2.93. The molecule has 1 aromatic carbocycles. The van der Waals surface area contributed by atoms with Crippen molar-refractivity contribution in [1.82, 2.24) is 14.3 Å². The average molecular weight is 387 g/mol. The second-order valence-corrected chi connectivity index (χ2v) is 6.86. The molecule has 2 aromatic rings. The van der Waals surface area contributed by atoms with Crippen LogP contribution in [0, 0.1) is 10.1 Å². The second-order valence-electron chi connectivity index (χ2n) is 6.86. The van der Waals surface area contributed by atoms with Gasteiger partial charge in [-0.15, -0.1) is 0 Å². The molecule has 2 heterocycles. The molecule has 0 spiro atoms. The monoisotopic (exact) mass is 387 g/mol. The van der Waals surface area contributed by atoms with E-state index in [0.717, 1.165) is 0 Å². The number of benzene rings is 1. The molecule has 0 bridgehead atoms. The van der Waals surface area contributed by atoms with Gasteiger partial charge in [0.05, 0.1) is 17.0 Å². The fourth-order valence-electron chi connectivity index (χ4n) is 3.36. The van der Waals surface area contributed by atoms with Crippen LogP contribution < -0.4 is 10.9 Å². The van der Waals surface area contributed by atoms with Crippen LogP contribution in [0.15, 0.2) is 46.4 Å². The van der Waals surface area contributed by atoms with Gasteiger partial charge in [0.1, 0.15) is 11.9 Å². The number of nitro benzene ring substituents is 1. The molecule has 0 saturated carbocycles. The highest BCUT2D eigenvalue weighted by atomic mass is 16.6. The molecule has 1 atom stereocenters. The highest BCUT2D eigenvalue weighted by Gasteiger charge is 2.35. The fourth-order valence-corrected chi connectivity index (χ4v) is 3.36. The van der Waals surface area contributed by atoms with Crippen molar-refractivity contribution in [2.24, 2.45) is 0 Å². The summed E-state index contributed by atoms with van der Waals surface area (Å²) in [6, 6.07) is 6.36. The second kappa shape index (κ2) is 7.31. The van der Waals surface area contributed by atoms with Gasteiger partial charge < -0.3 is 15.3 Å². The molecule has 148 valence electrons. The van der Waals surface area contributed by atoms with E-state index in [1.807, 2.05) is 19.0 Å². The number of nitrogens with one attached hydrogen (secondary N) is 1. The number of likely N-dealkylation sites (N-methyl/N-ethyl adjacent to an activating group) is 1. The summed E-state index contributed by atoms with van der Waals surface area (Å²) in [5.41, 5.74) is 0.410. The Bertz CT molecular complexity index is 1030. The lowest BCUT2D eigenvalue weighted by atomic mass is 9.95. The molecular formula is C18H21N5O5. The number of rotatable bonds is 6. The summed E-state index contributed by atoms with van der Waals surface area (Å²) in [5, 5.41) is 24.0. The third kappa shape index (κ3) is 3.41. The zero-order valence-electron chi connectivity index (χ0n) is 15.7. The Balaban J connectivity index is 2.24. The molecule has 0 amide bonds. The summed E-state index contributed by atoms with van der Waals surface area (Å²) >= 11 is 0. The number of carbonyl (C=O) groups is 1. The van der Waals surface area contributed by atoms with Gasteiger partial charge in [0.25, 0.3) is 11.2 Å². The number of carboxylic acids is 1. The number of carboxylic acid groups (broad SMARTS) is 1. The number of fused-ring (bicyclic) bond motifs is 1. The largest absolute Gasteiger partial charge is 0.478 e. The molecule has 1 aliphatic heterocycles. The van der Waals surface area contributed by atoms with Gasteiger partial charge in [-0.05, 0) is 26.6 Å². The van der Waals surface area contributed by atoms with Crippen LogP contribution in [-0.4, -0.2) is 50.9 Å². The van der Waals surface area contributed by atoms with Crippen molar-refractivity contribution in [3.8, 4) is 0 Å². The van der Waals surface area contributed by atoms with Crippen molar-refractivity contribution >= 4 is 17.5 Å². The van der Waals surface area contributed by atoms with E-state index in [1.165, 1.54) is 28.9 Å². The van der Waals surface area contributed by atoms with Crippen molar-refractivity contribution in [1.29, 1.82) is 0 Å². The van der Waals surface area contributed by atoms with Crippen LogP contribution in [-0.2, 0) is 11.3 Å². The Hall–Kier alpha value is -3.40. The van der Waals surface area contributed by atoms with Crippen LogP contribution >= 0.6 is 0 Å². The SMILES string of the molecule is CC1=C(C(=O)O)C(c2cccc([N+](=O)[O-])c2)n2c(cc(=O)n2CCN(C)C)N1. The standard InChI is InChI=1S/C18H21N5O5/c1-11-16(18(25)26)17(12-5-4-6-13(9-12)23(27)28)22-14(19-11)10-15(24)21(22)8-7-20(2)3/h4-6,9-10,17,19H,7-8H2,1-3H3,(H,25,26). The van der Waals surface area contributed by atoms with E-state index >= 15 is 0 Å². The van der Waals surface area contributed by atoms with Gasteiger partial charge in [0, 0.05) is 30.4 Å². The Morgan fingerprint density at radius 1 is 1.36 bits per heavy atom. The number of hydrogen-bond donors (Lipinski definition) is 2. The number of nitro groups is 1. The predicted octanol–water partition coefficient (Wildman–Crippen LogP) is 1.49. The van der Waals surface area contributed by atoms with Crippen LogP contribution in [0.3, 0.4) is 0 Å². The Morgan fingerprint density at radius 3 is 2.68 bits per heavy atom. The number of non-ortho nitro benzene ring substituents is 1. The minimum Gasteiger partial charge on any atom is -0.478 e. The van der Waals surface area contributed by atoms with E-state index < -0.39 is 16.9 Å². The van der Waals surface area contributed by atoms with Gasteiger partial charge in [-0.3, -0.25) is 19.6 Å². The van der Waals surface area contributed by atoms with Gasteiger partial charge in [-0.2, -0.15) is 0 Å². The summed E-state index contributed by atoms with van der Waals surface area (Å²) in [7, 11) is 3.74. The normalized spacial score (nSPS) is 16.1. The third-order valence-electron chi connectivity index (χ3n) is 4.65. The first-order valence-corrected chi connectivity index (χ1v) is 8.63. The molecule has 10 heteroatoms. The Labute approximate surface area is 160 Å². The Morgan fingerprint density at radius 2 is 2.07 bits per heavy atom. The van der Waals surface area contributed by atoms with Crippen LogP contribution in [0.4, 0.5) is 11.5 Å². The summed E-state index contributed by atoms with van der Waals surface area (Å²) in [6.45, 7) is 2.51. The molecule has 3 rings (SSSR count). The maximum absolute atomic E-state index is 12.6. The molecule has 0 saturated heterocycles. The molecular weight excluding hydrogens is 366 g/mol. The van der Waals surface area contributed by atoms with E-state index in [4.69, 9.17) is 0 Å². The molecule has 1 unspecified atom stereocenters. The van der Waals surface area contributed by atoms with E-state index in [2.05, 4.69) is 5.32 Å². The van der Waals surface area contributed by atoms with Crippen molar-refractivity contribution < 1.29 is 14.8 Å². The quantitative estimate of drug-likeness (QED) is 0.569. The van der Waals surface area contributed by atoms with Crippen molar-refractivity contribution in [2.75, 3.05) is 26.0 Å². The van der Waals surface area contributed by atoms with Crippen molar-refractivity contribution in [3.05, 3.63) is 67.6 Å². The number of nitrogens with zero attached hydrogens (tertiary/aromatic N) is 4. The minimum atomic E-state index is -1.16. The van der Waals surface area contributed by atoms with Gasteiger partial charge in [-0.1, -0.05) is 12.1 Å². The fraction of sp³-hybridized carbons (Fsp3) is 0.333. The van der Waals surface area contributed by atoms with Crippen LogP contribution in [0.1, 0.15) is 18.5 Å². The highest BCUT2D eigenvalue weighted by Crippen LogP contribution is 2.36. The number of aromatic nitrogens is 2. The van der Waals surface area contributed by atoms with Gasteiger partial charge in [-0.25, -0.2) is 9.48 Å². The first kappa shape index (κ1) is 19.4. The first-order chi connectivity index (χ1) is 13.2. The van der Waals surface area contributed by atoms with E-state index in [0.29, 0.717) is 30.2 Å². The molecule has 10 nitrogen and oxygen atoms in total. The van der Waals surface area contributed by atoms with E-state index in [-0.39, 0.29) is 16.8 Å². The maximum Gasteiger partial charge on any atom is 0.335 e. The number of aliphatic carboxylic acids is 1. The van der Waals surface area contributed by atoms with Crippen LogP contribution in [0.2, 0.25) is 0 Å². The lowest BCUT2D eigenvalue weighted by Gasteiger charge is -2.31. The first-order valence-electron chi connectivity index (χ1n) is 8.63. The molecule has 1 aliphatic rings. The Kier molecular flexibility index (Phi) is 5.06. The van der Waals surface area contributed by atoms with Gasteiger partial charge >= 0.3 is 5.97 Å². The van der Waals surface area contributed by atoms with Crippen LogP contribution in [0.25, 0.3) is 0 Å². The third-order valence-corrected chi connectivity index (χ3v) is 4.65. The number of allylic oxidation sites excluding steroid dienone is 1. The van der Waals surface area contributed by atoms with Crippen LogP contribution in [0.5, 0.6) is 0 Å². The summed E-state index contributed by atoms with van der Waals surface area (Å²) in [4.78, 5) is 37.2. The minimum absolute atomic E-state index is 0.0298. The van der Waals surface area contributed by atoms with Gasteiger partial charge in [0.15, 0.2) is 0 Å². The lowest BCUT2D eigenvalue weighted by molar-refractivity contribution is -0.384. The lowest BCUT2D eigenvalue weighted by Crippen LogP contribution is -2.35. The van der Waals surface area contributed by atoms with E-state index in [9.17, 15) is 24.8 Å². The zero-order chi connectivity index (χ0) is 20.6. The molecule has 28 heavy (non-hydrogen) atoms. The molecule has 0 aliphatic carbocycles. The summed E-state index contributed by atoms with van der Waals surface area (Å²) in [5.74, 6) is -0.713. The number of anilines is 1. The zero-order valence-corrected chi connectivity index (χ0v) is 15.7. The van der Waals surface area contributed by atoms with Gasteiger partial charge in [0.2, 0.25) is 0 Å². The van der Waals surface area contributed by atoms with Crippen molar-refractivity contribution in [2.45, 2.75) is 19.5 Å². The smallest absolute Gasteiger partial charge is 0.335 e. The number of hydrogen-bond acceptors (Lipinski definition) is 6. The van der Waals surface area contributed by atoms with E-state index in [1.54, 1.807) is 17.7 Å². The molecule has 0 radical (unpaired) electrons. The maximum atomic E-state index is 12.6. The topological polar surface area (TPSA) is 123 Å². The van der Waals surface area contributed by atoms with Crippen molar-refractivity contribution in [3.63, 3.8) is 0 Å². The molecule has 2 N–H and O–H groups in total. The summed E-state index contributed by atoms with van der Waals surface area (Å²) in [6.07, 6.45) is 0. The molecule has 1 aromatic heterocycles. The predicted molar refractivity (Wildman–Crippen MR) is 102 cm³/mol. The highest BCUT2D eigenvalue weighted by molar-refractivity contribution is 5.91. The molecule has 0 fully saturated rings. The summed E-state index contributed by atoms with van der Waals surface area (Å²) < 4.78 is 3.03.